The van der Waals surface area contributed by atoms with E-state index in [2.05, 4.69) is 15.9 Å². The first-order chi connectivity index (χ1) is 6.05. The third-order valence-electron chi connectivity index (χ3n) is 1.91. The fourth-order valence-electron chi connectivity index (χ4n) is 1.13. The average Bonchev–Trinajstić information content (AvgIpc) is 2.09. The van der Waals surface area contributed by atoms with Crippen molar-refractivity contribution in [3.8, 4) is 0 Å². The zero-order chi connectivity index (χ0) is 9.90. The Hall–Kier alpha value is -0.380. The molecule has 0 fully saturated rings. The van der Waals surface area contributed by atoms with Crippen LogP contribution in [0.1, 0.15) is 12.5 Å². The van der Waals surface area contributed by atoms with Gasteiger partial charge in [0.05, 0.1) is 6.61 Å². The molecule has 0 saturated heterocycles. The smallest absolute Gasteiger partial charge is 0.0611 e. The molecule has 0 amide bonds. The van der Waals surface area contributed by atoms with Gasteiger partial charge in [0.25, 0.3) is 0 Å². The van der Waals surface area contributed by atoms with Crippen LogP contribution in [0.5, 0.6) is 0 Å². The number of halogens is 1. The van der Waals surface area contributed by atoms with Crippen molar-refractivity contribution >= 4 is 15.9 Å². The van der Waals surface area contributed by atoms with Crippen LogP contribution in [-0.2, 0) is 6.42 Å². The Bertz CT molecular complexity index is 286. The molecule has 1 aromatic rings. The van der Waals surface area contributed by atoms with Gasteiger partial charge in [0.2, 0.25) is 0 Å². The second kappa shape index (κ2) is 4.22. The van der Waals surface area contributed by atoms with Crippen molar-refractivity contribution in [3.63, 3.8) is 0 Å². The molecule has 0 aromatic heterocycles. The van der Waals surface area contributed by atoms with Crippen molar-refractivity contribution in [1.29, 1.82) is 0 Å². The van der Waals surface area contributed by atoms with Gasteiger partial charge in [0.1, 0.15) is 0 Å². The molecule has 3 heteroatoms. The number of nitrogens with two attached hydrogens (primary N) is 1. The lowest BCUT2D eigenvalue weighted by atomic mass is 9.95. The fourth-order valence-corrected chi connectivity index (χ4v) is 1.56. The molecule has 0 bridgehead atoms. The summed E-state index contributed by atoms with van der Waals surface area (Å²) in [6.45, 7) is 1.83. The summed E-state index contributed by atoms with van der Waals surface area (Å²) >= 11 is 3.44. The maximum absolute atomic E-state index is 9.01. The first kappa shape index (κ1) is 10.7. The van der Waals surface area contributed by atoms with Crippen LogP contribution >= 0.6 is 15.9 Å². The molecule has 1 atom stereocenters. The van der Waals surface area contributed by atoms with Crippen LogP contribution in [0.4, 0.5) is 0 Å². The van der Waals surface area contributed by atoms with Crippen molar-refractivity contribution in [2.24, 2.45) is 5.73 Å². The Morgan fingerprint density at radius 1 is 1.46 bits per heavy atom. The van der Waals surface area contributed by atoms with Crippen LogP contribution in [0.15, 0.2) is 28.7 Å². The third-order valence-corrected chi connectivity index (χ3v) is 2.69. The Morgan fingerprint density at radius 3 is 2.62 bits per heavy atom. The topological polar surface area (TPSA) is 46.2 Å². The van der Waals surface area contributed by atoms with Gasteiger partial charge in [-0.15, -0.1) is 0 Å². The van der Waals surface area contributed by atoms with Crippen LogP contribution in [0, 0.1) is 0 Å². The quantitative estimate of drug-likeness (QED) is 0.850. The second-order valence-electron chi connectivity index (χ2n) is 3.58. The summed E-state index contributed by atoms with van der Waals surface area (Å²) in [5.74, 6) is 0. The molecule has 2 nitrogen and oxygen atoms in total. The van der Waals surface area contributed by atoms with Gasteiger partial charge in [-0.25, -0.2) is 0 Å². The molecular formula is C10H14BrNO. The minimum atomic E-state index is -0.538. The molecule has 72 valence electrons. The second-order valence-corrected chi connectivity index (χ2v) is 4.43. The van der Waals surface area contributed by atoms with Crippen LogP contribution in [-0.4, -0.2) is 17.3 Å². The minimum Gasteiger partial charge on any atom is -0.394 e. The standard InChI is InChI=1S/C10H14BrNO/c1-10(12,7-13)6-8-4-2-3-5-9(8)11/h2-5,13H,6-7,12H2,1H3. The zero-order valence-corrected chi connectivity index (χ0v) is 9.21. The first-order valence-corrected chi connectivity index (χ1v) is 4.97. The summed E-state index contributed by atoms with van der Waals surface area (Å²) in [5, 5.41) is 9.01. The molecule has 3 N–H and O–H groups in total. The lowest BCUT2D eigenvalue weighted by molar-refractivity contribution is 0.208. The Morgan fingerprint density at radius 2 is 2.08 bits per heavy atom. The zero-order valence-electron chi connectivity index (χ0n) is 7.63. The highest BCUT2D eigenvalue weighted by Crippen LogP contribution is 2.19. The maximum atomic E-state index is 9.01. The highest BCUT2D eigenvalue weighted by molar-refractivity contribution is 9.10. The van der Waals surface area contributed by atoms with E-state index < -0.39 is 5.54 Å². The van der Waals surface area contributed by atoms with Gasteiger partial charge in [0, 0.05) is 10.0 Å². The molecule has 0 spiro atoms. The van der Waals surface area contributed by atoms with E-state index >= 15 is 0 Å². The predicted molar refractivity (Wildman–Crippen MR) is 57.5 cm³/mol. The summed E-state index contributed by atoms with van der Waals surface area (Å²) in [4.78, 5) is 0. The number of hydrogen-bond donors (Lipinski definition) is 2. The summed E-state index contributed by atoms with van der Waals surface area (Å²) in [7, 11) is 0. The van der Waals surface area contributed by atoms with E-state index in [-0.39, 0.29) is 6.61 Å². The first-order valence-electron chi connectivity index (χ1n) is 4.18. The SMILES string of the molecule is CC(N)(CO)Cc1ccccc1Br. The van der Waals surface area contributed by atoms with E-state index in [1.165, 1.54) is 0 Å². The third kappa shape index (κ3) is 3.10. The van der Waals surface area contributed by atoms with E-state index in [1.54, 1.807) is 0 Å². The van der Waals surface area contributed by atoms with Gasteiger partial charge < -0.3 is 10.8 Å². The van der Waals surface area contributed by atoms with E-state index in [4.69, 9.17) is 10.8 Å². The lowest BCUT2D eigenvalue weighted by Gasteiger charge is -2.22. The molecule has 0 radical (unpaired) electrons. The van der Waals surface area contributed by atoms with Gasteiger partial charge in [-0.3, -0.25) is 0 Å². The maximum Gasteiger partial charge on any atom is 0.0611 e. The summed E-state index contributed by atoms with van der Waals surface area (Å²) in [5.41, 5.74) is 6.43. The van der Waals surface area contributed by atoms with Gasteiger partial charge in [-0.1, -0.05) is 34.1 Å². The highest BCUT2D eigenvalue weighted by Gasteiger charge is 2.18. The molecule has 0 aliphatic rings. The lowest BCUT2D eigenvalue weighted by Crippen LogP contribution is -2.42. The molecule has 0 saturated carbocycles. The van der Waals surface area contributed by atoms with Crippen molar-refractivity contribution in [3.05, 3.63) is 34.3 Å². The average molecular weight is 244 g/mol. The Labute approximate surface area is 86.9 Å². The molecular weight excluding hydrogens is 230 g/mol. The number of aliphatic hydroxyl groups excluding tert-OH is 1. The van der Waals surface area contributed by atoms with Crippen LogP contribution in [0.2, 0.25) is 0 Å². The minimum absolute atomic E-state index is 0.00562. The normalized spacial score (nSPS) is 15.4. The summed E-state index contributed by atoms with van der Waals surface area (Å²) in [6.07, 6.45) is 0.672. The molecule has 0 heterocycles. The molecule has 0 aliphatic carbocycles. The molecule has 0 aliphatic heterocycles. The largest absolute Gasteiger partial charge is 0.394 e. The van der Waals surface area contributed by atoms with Crippen LogP contribution < -0.4 is 5.73 Å². The van der Waals surface area contributed by atoms with E-state index in [9.17, 15) is 0 Å². The predicted octanol–water partition coefficient (Wildman–Crippen LogP) is 1.70. The van der Waals surface area contributed by atoms with Gasteiger partial charge in [-0.05, 0) is 25.0 Å². The highest BCUT2D eigenvalue weighted by atomic mass is 79.9. The van der Waals surface area contributed by atoms with E-state index in [0.717, 1.165) is 10.0 Å². The van der Waals surface area contributed by atoms with Gasteiger partial charge >= 0.3 is 0 Å². The molecule has 1 aromatic carbocycles. The number of hydrogen-bond acceptors (Lipinski definition) is 2. The van der Waals surface area contributed by atoms with Crippen molar-refractivity contribution in [2.45, 2.75) is 18.9 Å². The number of rotatable bonds is 3. The van der Waals surface area contributed by atoms with Crippen molar-refractivity contribution in [2.75, 3.05) is 6.61 Å². The Kier molecular flexibility index (Phi) is 3.47. The van der Waals surface area contributed by atoms with Crippen LogP contribution in [0.25, 0.3) is 0 Å². The molecule has 13 heavy (non-hydrogen) atoms. The fraction of sp³-hybridized carbons (Fsp3) is 0.400. The van der Waals surface area contributed by atoms with Gasteiger partial charge in [-0.2, -0.15) is 0 Å². The Balaban J connectivity index is 2.80. The van der Waals surface area contributed by atoms with E-state index in [1.807, 2.05) is 31.2 Å². The number of benzene rings is 1. The number of aliphatic hydroxyl groups is 1. The van der Waals surface area contributed by atoms with Crippen LogP contribution in [0.3, 0.4) is 0 Å². The van der Waals surface area contributed by atoms with Gasteiger partial charge in [0.15, 0.2) is 0 Å². The van der Waals surface area contributed by atoms with Crippen molar-refractivity contribution in [1.82, 2.24) is 0 Å². The van der Waals surface area contributed by atoms with E-state index in [0.29, 0.717) is 6.42 Å². The summed E-state index contributed by atoms with van der Waals surface area (Å²) < 4.78 is 1.04. The molecule has 1 rings (SSSR count). The molecule has 1 unspecified atom stereocenters. The summed E-state index contributed by atoms with van der Waals surface area (Å²) in [6, 6.07) is 7.90. The monoisotopic (exact) mass is 243 g/mol. The van der Waals surface area contributed by atoms with Crippen molar-refractivity contribution < 1.29 is 5.11 Å².